The number of methoxy groups -OCH3 is 1. The molecule has 0 radical (unpaired) electrons. The minimum Gasteiger partial charge on any atom is -0.469 e. The van der Waals surface area contributed by atoms with Crippen LogP contribution in [0.4, 0.5) is 0 Å². The molecule has 21 heavy (non-hydrogen) atoms. The number of aromatic nitrogens is 2. The molecule has 6 nitrogen and oxygen atoms in total. The number of carbonyl (C=O) groups excluding carboxylic acids is 1. The highest BCUT2D eigenvalue weighted by Crippen LogP contribution is 2.24. The van der Waals surface area contributed by atoms with Gasteiger partial charge in [-0.3, -0.25) is 4.79 Å². The molecule has 0 fully saturated rings. The molecule has 114 valence electrons. The van der Waals surface area contributed by atoms with Crippen molar-refractivity contribution in [2.24, 2.45) is 7.05 Å². The molecule has 2 atom stereocenters. The van der Waals surface area contributed by atoms with Gasteiger partial charge in [0, 0.05) is 13.1 Å². The van der Waals surface area contributed by atoms with E-state index < -0.39 is 12.1 Å². The first-order chi connectivity index (χ1) is 9.97. The van der Waals surface area contributed by atoms with E-state index in [1.165, 1.54) is 7.11 Å². The highest BCUT2D eigenvalue weighted by Gasteiger charge is 2.23. The van der Waals surface area contributed by atoms with E-state index in [-0.39, 0.29) is 12.4 Å². The van der Waals surface area contributed by atoms with Gasteiger partial charge in [0.25, 0.3) is 0 Å². The maximum Gasteiger partial charge on any atom is 0.307 e. The fourth-order valence-corrected chi connectivity index (χ4v) is 2.39. The second-order valence-electron chi connectivity index (χ2n) is 5.09. The molecule has 0 saturated carbocycles. The van der Waals surface area contributed by atoms with Crippen molar-refractivity contribution in [1.82, 2.24) is 14.9 Å². The molecule has 0 aliphatic rings. The fourth-order valence-electron chi connectivity index (χ4n) is 2.39. The third kappa shape index (κ3) is 3.06. The number of aliphatic hydroxyl groups is 1. The number of nitrogens with one attached hydrogen (secondary N) is 1. The first-order valence-electron chi connectivity index (χ1n) is 6.83. The molecule has 6 heteroatoms. The van der Waals surface area contributed by atoms with Crippen LogP contribution >= 0.6 is 0 Å². The quantitative estimate of drug-likeness (QED) is 0.806. The summed E-state index contributed by atoms with van der Waals surface area (Å²) in [5, 5.41) is 13.4. The normalized spacial score (nSPS) is 14.1. The zero-order valence-corrected chi connectivity index (χ0v) is 12.8. The summed E-state index contributed by atoms with van der Waals surface area (Å²) in [6, 6.07) is 5.24. The van der Waals surface area contributed by atoms with E-state index in [0.717, 1.165) is 22.4 Å². The summed E-state index contributed by atoms with van der Waals surface area (Å²) in [6.45, 7) is 1.93. The highest BCUT2D eigenvalue weighted by molar-refractivity contribution is 5.77. The van der Waals surface area contributed by atoms with Crippen molar-refractivity contribution in [1.29, 1.82) is 0 Å². The van der Waals surface area contributed by atoms with Gasteiger partial charge < -0.3 is 19.7 Å². The number of rotatable bonds is 5. The van der Waals surface area contributed by atoms with E-state index in [1.807, 2.05) is 36.7 Å². The number of aliphatic hydroxyl groups excluding tert-OH is 1. The third-order valence-corrected chi connectivity index (χ3v) is 3.84. The molecule has 0 saturated heterocycles. The standard InChI is InChI=1S/C15H21N3O3/c1-9-17-11-7-10(5-6-13(11)18(9)3)15(20)12(16-2)8-14(19)21-4/h5-7,12,15-16,20H,8H2,1-4H3. The van der Waals surface area contributed by atoms with Crippen molar-refractivity contribution in [2.75, 3.05) is 14.2 Å². The minimum atomic E-state index is -0.805. The van der Waals surface area contributed by atoms with Crippen LogP contribution in [0.1, 0.15) is 23.9 Å². The predicted molar refractivity (Wildman–Crippen MR) is 79.9 cm³/mol. The van der Waals surface area contributed by atoms with Crippen molar-refractivity contribution < 1.29 is 14.6 Å². The average molecular weight is 291 g/mol. The fraction of sp³-hybridized carbons (Fsp3) is 0.467. The van der Waals surface area contributed by atoms with Crippen LogP contribution < -0.4 is 5.32 Å². The van der Waals surface area contributed by atoms with Crippen LogP contribution in [0.15, 0.2) is 18.2 Å². The lowest BCUT2D eigenvalue weighted by Gasteiger charge is -2.21. The lowest BCUT2D eigenvalue weighted by atomic mass is 9.99. The van der Waals surface area contributed by atoms with E-state index in [0.29, 0.717) is 0 Å². The van der Waals surface area contributed by atoms with Crippen LogP contribution in [0.25, 0.3) is 11.0 Å². The van der Waals surface area contributed by atoms with E-state index in [2.05, 4.69) is 15.0 Å². The number of esters is 1. The number of likely N-dealkylation sites (N-methyl/N-ethyl adjacent to an activating group) is 1. The van der Waals surface area contributed by atoms with Crippen molar-refractivity contribution in [3.63, 3.8) is 0 Å². The number of ether oxygens (including phenoxy) is 1. The zero-order valence-electron chi connectivity index (χ0n) is 12.8. The van der Waals surface area contributed by atoms with Crippen LogP contribution in [0.5, 0.6) is 0 Å². The first kappa shape index (κ1) is 15.5. The van der Waals surface area contributed by atoms with Crippen LogP contribution in [-0.4, -0.2) is 40.8 Å². The monoisotopic (exact) mass is 291 g/mol. The van der Waals surface area contributed by atoms with Crippen LogP contribution in [0.3, 0.4) is 0 Å². The largest absolute Gasteiger partial charge is 0.469 e. The predicted octanol–water partition coefficient (Wildman–Crippen LogP) is 1.07. The number of hydrogen-bond donors (Lipinski definition) is 2. The Bertz CT molecular complexity index is 651. The van der Waals surface area contributed by atoms with Gasteiger partial charge in [-0.2, -0.15) is 0 Å². The van der Waals surface area contributed by atoms with Gasteiger partial charge >= 0.3 is 5.97 Å². The molecule has 2 aromatic rings. The SMILES string of the molecule is CNC(CC(=O)OC)C(O)c1ccc2c(c1)nc(C)n2C. The maximum atomic E-state index is 11.4. The molecule has 2 N–H and O–H groups in total. The Morgan fingerprint density at radius 3 is 2.86 bits per heavy atom. The second kappa shape index (κ2) is 6.24. The molecular formula is C15H21N3O3. The van der Waals surface area contributed by atoms with E-state index in [1.54, 1.807) is 7.05 Å². The summed E-state index contributed by atoms with van der Waals surface area (Å²) in [5.74, 6) is 0.555. The lowest BCUT2D eigenvalue weighted by molar-refractivity contribution is -0.141. The summed E-state index contributed by atoms with van der Waals surface area (Å²) in [7, 11) is 5.00. The number of carbonyl (C=O) groups is 1. The number of nitrogens with zero attached hydrogens (tertiary/aromatic N) is 2. The maximum absolute atomic E-state index is 11.4. The second-order valence-corrected chi connectivity index (χ2v) is 5.09. The molecular weight excluding hydrogens is 270 g/mol. The summed E-state index contributed by atoms with van der Waals surface area (Å²) >= 11 is 0. The van der Waals surface area contributed by atoms with Gasteiger partial charge in [0.1, 0.15) is 5.82 Å². The number of hydrogen-bond acceptors (Lipinski definition) is 5. The Morgan fingerprint density at radius 2 is 2.24 bits per heavy atom. The van der Waals surface area contributed by atoms with Crippen LogP contribution in [0.2, 0.25) is 0 Å². The number of benzene rings is 1. The Kier molecular flexibility index (Phi) is 4.59. The first-order valence-corrected chi connectivity index (χ1v) is 6.83. The Hall–Kier alpha value is -1.92. The molecule has 2 unspecified atom stereocenters. The van der Waals surface area contributed by atoms with Crippen molar-refractivity contribution >= 4 is 17.0 Å². The summed E-state index contributed by atoms with van der Waals surface area (Å²) in [5.41, 5.74) is 2.57. The Balaban J connectivity index is 2.29. The number of aryl methyl sites for hydroxylation is 2. The number of fused-ring (bicyclic) bond motifs is 1. The van der Waals surface area contributed by atoms with E-state index in [4.69, 9.17) is 0 Å². The molecule has 1 heterocycles. The zero-order chi connectivity index (χ0) is 15.6. The summed E-state index contributed by atoms with van der Waals surface area (Å²) in [6.07, 6.45) is -0.700. The van der Waals surface area contributed by atoms with Crippen LogP contribution in [-0.2, 0) is 16.6 Å². The van der Waals surface area contributed by atoms with Gasteiger partial charge in [0.2, 0.25) is 0 Å². The van der Waals surface area contributed by atoms with Gasteiger partial charge in [0.15, 0.2) is 0 Å². The molecule has 1 aromatic carbocycles. The molecule has 0 bridgehead atoms. The Labute approximate surface area is 123 Å². The third-order valence-electron chi connectivity index (χ3n) is 3.84. The molecule has 0 aliphatic carbocycles. The molecule has 0 spiro atoms. The van der Waals surface area contributed by atoms with Crippen molar-refractivity contribution in [3.8, 4) is 0 Å². The van der Waals surface area contributed by atoms with Gasteiger partial charge in [-0.1, -0.05) is 6.07 Å². The smallest absolute Gasteiger partial charge is 0.307 e. The van der Waals surface area contributed by atoms with Crippen molar-refractivity contribution in [3.05, 3.63) is 29.6 Å². The summed E-state index contributed by atoms with van der Waals surface area (Å²) < 4.78 is 6.65. The van der Waals surface area contributed by atoms with Crippen molar-refractivity contribution in [2.45, 2.75) is 25.5 Å². The highest BCUT2D eigenvalue weighted by atomic mass is 16.5. The summed E-state index contributed by atoms with van der Waals surface area (Å²) in [4.78, 5) is 15.8. The van der Waals surface area contributed by atoms with Crippen LogP contribution in [0, 0.1) is 6.92 Å². The van der Waals surface area contributed by atoms with Gasteiger partial charge in [0.05, 0.1) is 30.7 Å². The average Bonchev–Trinajstić information content (AvgIpc) is 2.78. The topological polar surface area (TPSA) is 76.4 Å². The van der Waals surface area contributed by atoms with Gasteiger partial charge in [-0.25, -0.2) is 4.98 Å². The lowest BCUT2D eigenvalue weighted by Crippen LogP contribution is -2.34. The minimum absolute atomic E-state index is 0.105. The molecule has 2 rings (SSSR count). The molecule has 0 aliphatic heterocycles. The van der Waals surface area contributed by atoms with Gasteiger partial charge in [-0.05, 0) is 31.7 Å². The van der Waals surface area contributed by atoms with E-state index in [9.17, 15) is 9.90 Å². The van der Waals surface area contributed by atoms with E-state index >= 15 is 0 Å². The number of imidazole rings is 1. The Morgan fingerprint density at radius 1 is 1.52 bits per heavy atom. The molecule has 0 amide bonds. The molecule has 1 aromatic heterocycles. The van der Waals surface area contributed by atoms with Gasteiger partial charge in [-0.15, -0.1) is 0 Å².